The number of imidazole rings is 1. The summed E-state index contributed by atoms with van der Waals surface area (Å²) in [6.07, 6.45) is 1.43. The molecule has 1 aromatic heterocycles. The number of benzene rings is 1. The van der Waals surface area contributed by atoms with Crippen molar-refractivity contribution in [3.8, 4) is 0 Å². The lowest BCUT2D eigenvalue weighted by atomic mass is 9.87. The minimum Gasteiger partial charge on any atom is -0.372 e. The maximum Gasteiger partial charge on any atom is 0.236 e. The fourth-order valence-corrected chi connectivity index (χ4v) is 5.16. The van der Waals surface area contributed by atoms with Gasteiger partial charge in [0.15, 0.2) is 0 Å². The molecular formula is C21H29N5O2. The van der Waals surface area contributed by atoms with Gasteiger partial charge in [-0.15, -0.1) is 0 Å². The van der Waals surface area contributed by atoms with Gasteiger partial charge < -0.3 is 19.1 Å². The van der Waals surface area contributed by atoms with E-state index >= 15 is 0 Å². The molecule has 4 fully saturated rings. The summed E-state index contributed by atoms with van der Waals surface area (Å²) in [5, 5.41) is 0. The number of para-hydroxylation sites is 2. The number of ether oxygens (including phenoxy) is 1. The highest BCUT2D eigenvalue weighted by molar-refractivity contribution is 5.79. The first-order chi connectivity index (χ1) is 13.5. The summed E-state index contributed by atoms with van der Waals surface area (Å²) in [6, 6.07) is 9.16. The molecule has 0 aliphatic carbocycles. The summed E-state index contributed by atoms with van der Waals surface area (Å²) in [4.78, 5) is 24.5. The van der Waals surface area contributed by atoms with E-state index in [-0.39, 0.29) is 18.1 Å². The molecule has 4 aliphatic heterocycles. The number of carbonyl (C=O) groups excluding carboxylic acids is 1. The van der Waals surface area contributed by atoms with Gasteiger partial charge in [0.2, 0.25) is 11.9 Å². The predicted molar refractivity (Wildman–Crippen MR) is 108 cm³/mol. The Morgan fingerprint density at radius 1 is 1.11 bits per heavy atom. The number of hydrogen-bond acceptors (Lipinski definition) is 5. The Labute approximate surface area is 165 Å². The van der Waals surface area contributed by atoms with Crippen LogP contribution in [0.3, 0.4) is 0 Å². The molecule has 2 aromatic rings. The zero-order valence-corrected chi connectivity index (χ0v) is 16.9. The maximum atomic E-state index is 12.8. The third-order valence-electron chi connectivity index (χ3n) is 6.48. The number of fused-ring (bicyclic) bond motifs is 3. The highest BCUT2D eigenvalue weighted by atomic mass is 16.5. The van der Waals surface area contributed by atoms with E-state index < -0.39 is 0 Å². The van der Waals surface area contributed by atoms with E-state index in [1.807, 2.05) is 24.8 Å². The first-order valence-electron chi connectivity index (χ1n) is 10.3. The Morgan fingerprint density at radius 3 is 2.46 bits per heavy atom. The maximum absolute atomic E-state index is 12.8. The molecule has 0 spiro atoms. The zero-order valence-electron chi connectivity index (χ0n) is 16.9. The van der Waals surface area contributed by atoms with E-state index in [1.165, 1.54) is 11.9 Å². The molecule has 0 N–H and O–H groups in total. The number of aryl methyl sites for hydroxylation is 1. The highest BCUT2D eigenvalue weighted by Crippen LogP contribution is 2.35. The van der Waals surface area contributed by atoms with Crippen LogP contribution in [0.2, 0.25) is 0 Å². The molecule has 4 aliphatic rings. The number of carbonyl (C=O) groups is 1. The van der Waals surface area contributed by atoms with Gasteiger partial charge >= 0.3 is 0 Å². The monoisotopic (exact) mass is 383 g/mol. The number of hydrogen-bond donors (Lipinski definition) is 0. The molecule has 4 atom stereocenters. The van der Waals surface area contributed by atoms with Gasteiger partial charge in [-0.1, -0.05) is 12.1 Å². The number of nitrogens with zero attached hydrogens (tertiary/aromatic N) is 5. The van der Waals surface area contributed by atoms with Crippen molar-refractivity contribution in [2.75, 3.05) is 37.6 Å². The van der Waals surface area contributed by atoms with E-state index in [9.17, 15) is 4.79 Å². The minimum atomic E-state index is 0.122. The Balaban J connectivity index is 1.25. The lowest BCUT2D eigenvalue weighted by Crippen LogP contribution is -2.70. The van der Waals surface area contributed by atoms with Gasteiger partial charge in [-0.3, -0.25) is 9.69 Å². The van der Waals surface area contributed by atoms with Crippen LogP contribution in [0, 0.1) is 0 Å². The first kappa shape index (κ1) is 17.9. The topological polar surface area (TPSA) is 53.8 Å². The van der Waals surface area contributed by atoms with Crippen molar-refractivity contribution in [3.63, 3.8) is 0 Å². The van der Waals surface area contributed by atoms with E-state index in [0.29, 0.717) is 31.7 Å². The average Bonchev–Trinajstić information content (AvgIpc) is 3.02. The third-order valence-corrected chi connectivity index (χ3v) is 6.48. The number of anilines is 1. The van der Waals surface area contributed by atoms with Crippen LogP contribution in [0.15, 0.2) is 24.3 Å². The molecule has 28 heavy (non-hydrogen) atoms. The van der Waals surface area contributed by atoms with Crippen LogP contribution in [0.5, 0.6) is 0 Å². The SMILES string of the molecule is CC1CN(C(=O)CN2C3CC2CN(c2nc4ccccc4n2C)C3)CC(C)O1. The number of amides is 1. The van der Waals surface area contributed by atoms with Gasteiger partial charge in [0.05, 0.1) is 29.8 Å². The number of piperazine rings is 1. The smallest absolute Gasteiger partial charge is 0.236 e. The molecule has 6 rings (SSSR count). The van der Waals surface area contributed by atoms with Crippen LogP contribution in [0.25, 0.3) is 11.0 Å². The fourth-order valence-electron chi connectivity index (χ4n) is 5.16. The summed E-state index contributed by atoms with van der Waals surface area (Å²) in [6.45, 7) is 7.92. The average molecular weight is 383 g/mol. The molecule has 1 amide bonds. The van der Waals surface area contributed by atoms with Gasteiger partial charge in [0, 0.05) is 45.3 Å². The summed E-state index contributed by atoms with van der Waals surface area (Å²) in [7, 11) is 2.09. The van der Waals surface area contributed by atoms with E-state index in [2.05, 4.69) is 39.6 Å². The van der Waals surface area contributed by atoms with Gasteiger partial charge in [-0.25, -0.2) is 4.98 Å². The largest absolute Gasteiger partial charge is 0.372 e. The summed E-state index contributed by atoms with van der Waals surface area (Å²) in [5.74, 6) is 1.28. The second-order valence-electron chi connectivity index (χ2n) is 8.64. The molecule has 7 heteroatoms. The Hall–Kier alpha value is -2.12. The Morgan fingerprint density at radius 2 is 1.79 bits per heavy atom. The van der Waals surface area contributed by atoms with E-state index in [4.69, 9.17) is 9.72 Å². The predicted octanol–water partition coefficient (Wildman–Crippen LogP) is 1.47. The molecule has 7 nitrogen and oxygen atoms in total. The van der Waals surface area contributed by atoms with Gasteiger partial charge in [-0.05, 0) is 32.4 Å². The molecule has 150 valence electrons. The van der Waals surface area contributed by atoms with Crippen molar-refractivity contribution in [2.45, 2.75) is 44.6 Å². The van der Waals surface area contributed by atoms with Crippen LogP contribution in [-0.2, 0) is 16.6 Å². The minimum absolute atomic E-state index is 0.122. The number of morpholine rings is 1. The third kappa shape index (κ3) is 2.97. The van der Waals surface area contributed by atoms with Gasteiger partial charge in [0.1, 0.15) is 0 Å². The molecule has 2 bridgehead atoms. The van der Waals surface area contributed by atoms with Crippen molar-refractivity contribution < 1.29 is 9.53 Å². The second kappa shape index (κ2) is 6.74. The number of rotatable bonds is 3. The van der Waals surface area contributed by atoms with Crippen LogP contribution < -0.4 is 4.90 Å². The Bertz CT molecular complexity index is 874. The normalized spacial score (nSPS) is 30.5. The molecule has 4 saturated heterocycles. The summed E-state index contributed by atoms with van der Waals surface area (Å²) >= 11 is 0. The van der Waals surface area contributed by atoms with Crippen molar-refractivity contribution in [1.82, 2.24) is 19.4 Å². The van der Waals surface area contributed by atoms with Crippen LogP contribution >= 0.6 is 0 Å². The van der Waals surface area contributed by atoms with Gasteiger partial charge in [-0.2, -0.15) is 0 Å². The van der Waals surface area contributed by atoms with Crippen molar-refractivity contribution in [1.29, 1.82) is 0 Å². The quantitative estimate of drug-likeness (QED) is 0.804. The number of aromatic nitrogens is 2. The summed E-state index contributed by atoms with van der Waals surface area (Å²) in [5.41, 5.74) is 2.21. The fraction of sp³-hybridized carbons (Fsp3) is 0.619. The first-order valence-corrected chi connectivity index (χ1v) is 10.3. The number of piperidine rings is 1. The van der Waals surface area contributed by atoms with Crippen molar-refractivity contribution in [2.24, 2.45) is 7.05 Å². The van der Waals surface area contributed by atoms with Crippen LogP contribution in [-0.4, -0.2) is 82.3 Å². The molecule has 1 aromatic carbocycles. The molecule has 4 unspecified atom stereocenters. The Kier molecular flexibility index (Phi) is 4.32. The molecule has 0 radical (unpaired) electrons. The van der Waals surface area contributed by atoms with E-state index in [0.717, 1.165) is 24.6 Å². The standard InChI is InChI=1S/C21H29N5O2/c1-14-9-24(10-15(2)28-14)20(27)13-26-16-8-17(26)12-25(11-16)21-22-18-6-4-5-7-19(18)23(21)3/h4-7,14-17H,8-13H2,1-3H3. The van der Waals surface area contributed by atoms with Crippen molar-refractivity contribution in [3.05, 3.63) is 24.3 Å². The molecule has 5 heterocycles. The highest BCUT2D eigenvalue weighted by Gasteiger charge is 2.46. The summed E-state index contributed by atoms with van der Waals surface area (Å²) < 4.78 is 7.95. The van der Waals surface area contributed by atoms with Crippen LogP contribution in [0.1, 0.15) is 20.3 Å². The lowest BCUT2D eigenvalue weighted by Gasteiger charge is -2.56. The van der Waals surface area contributed by atoms with Crippen LogP contribution in [0.4, 0.5) is 5.95 Å². The molecule has 0 saturated carbocycles. The van der Waals surface area contributed by atoms with Crippen molar-refractivity contribution >= 4 is 22.9 Å². The van der Waals surface area contributed by atoms with E-state index in [1.54, 1.807) is 0 Å². The second-order valence-corrected chi connectivity index (χ2v) is 8.64. The lowest BCUT2D eigenvalue weighted by molar-refractivity contribution is -0.148. The van der Waals surface area contributed by atoms with Gasteiger partial charge in [0.25, 0.3) is 0 Å². The molecular weight excluding hydrogens is 354 g/mol. The zero-order chi connectivity index (χ0) is 19.4.